The third kappa shape index (κ3) is 1.47. The van der Waals surface area contributed by atoms with Crippen LogP contribution in [0, 0.1) is 0 Å². The summed E-state index contributed by atoms with van der Waals surface area (Å²) in [6, 6.07) is 0. The van der Waals surface area contributed by atoms with E-state index in [1.54, 1.807) is 6.92 Å². The minimum atomic E-state index is -2.97. The summed E-state index contributed by atoms with van der Waals surface area (Å²) in [5.74, 6) is 0.126. The van der Waals surface area contributed by atoms with Gasteiger partial charge in [0.05, 0.1) is 12.4 Å². The third-order valence-electron chi connectivity index (χ3n) is 1.47. The van der Waals surface area contributed by atoms with Crippen molar-refractivity contribution >= 4 is 10.0 Å². The van der Waals surface area contributed by atoms with Gasteiger partial charge >= 0.3 is 0 Å². The quantitative estimate of drug-likeness (QED) is 0.532. The molecule has 0 aromatic carbocycles. The van der Waals surface area contributed by atoms with Crippen LogP contribution >= 0.6 is 0 Å². The maximum absolute atomic E-state index is 11.1. The van der Waals surface area contributed by atoms with Crippen LogP contribution in [0.15, 0.2) is 0 Å². The highest BCUT2D eigenvalue weighted by atomic mass is 32.2. The van der Waals surface area contributed by atoms with Crippen molar-refractivity contribution in [2.75, 3.05) is 25.6 Å². The Kier molecular flexibility index (Phi) is 2.28. The second kappa shape index (κ2) is 2.86. The summed E-state index contributed by atoms with van der Waals surface area (Å²) in [5, 5.41) is 0. The fourth-order valence-electron chi connectivity index (χ4n) is 0.828. The van der Waals surface area contributed by atoms with E-state index in [9.17, 15) is 8.42 Å². The Morgan fingerprint density at radius 1 is 1.60 bits per heavy atom. The first kappa shape index (κ1) is 7.97. The van der Waals surface area contributed by atoms with E-state index in [1.165, 1.54) is 4.31 Å². The van der Waals surface area contributed by atoms with E-state index < -0.39 is 10.0 Å². The average molecular weight is 165 g/mol. The van der Waals surface area contributed by atoms with Crippen molar-refractivity contribution in [1.29, 1.82) is 0 Å². The lowest BCUT2D eigenvalue weighted by atomic mass is 10.7. The molecule has 1 aliphatic heterocycles. The first-order valence-electron chi connectivity index (χ1n) is 3.22. The summed E-state index contributed by atoms with van der Waals surface area (Å²) in [6.07, 6.45) is 0. The molecule has 0 saturated carbocycles. The lowest BCUT2D eigenvalue weighted by molar-refractivity contribution is 0.0685. The highest BCUT2D eigenvalue weighted by Gasteiger charge is 2.24. The van der Waals surface area contributed by atoms with E-state index >= 15 is 0 Å². The zero-order valence-corrected chi connectivity index (χ0v) is 6.73. The van der Waals surface area contributed by atoms with E-state index in [0.29, 0.717) is 13.2 Å². The van der Waals surface area contributed by atoms with Gasteiger partial charge in [-0.2, -0.15) is 4.31 Å². The van der Waals surface area contributed by atoms with Crippen LogP contribution in [0.5, 0.6) is 0 Å². The molecule has 1 heterocycles. The summed E-state index contributed by atoms with van der Waals surface area (Å²) < 4.78 is 28.4. The van der Waals surface area contributed by atoms with Crippen LogP contribution in [-0.2, 0) is 14.8 Å². The van der Waals surface area contributed by atoms with E-state index in [-0.39, 0.29) is 12.5 Å². The summed E-state index contributed by atoms with van der Waals surface area (Å²) in [6.45, 7) is 2.85. The third-order valence-corrected chi connectivity index (χ3v) is 3.30. The first-order valence-corrected chi connectivity index (χ1v) is 4.83. The standard InChI is InChI=1S/C5H11NO3S/c1-2-6-5-9-3-4-10(6,7)8/h2-5H2,1H3. The Labute approximate surface area is 60.8 Å². The molecule has 0 aromatic heterocycles. The van der Waals surface area contributed by atoms with Crippen molar-refractivity contribution in [2.45, 2.75) is 6.92 Å². The van der Waals surface area contributed by atoms with E-state index in [1.807, 2.05) is 0 Å². The topological polar surface area (TPSA) is 46.6 Å². The molecule has 4 nitrogen and oxygen atoms in total. The van der Waals surface area contributed by atoms with Gasteiger partial charge in [-0.1, -0.05) is 6.92 Å². The fourth-order valence-corrected chi connectivity index (χ4v) is 2.04. The van der Waals surface area contributed by atoms with Crippen LogP contribution in [-0.4, -0.2) is 38.4 Å². The molecule has 1 aliphatic rings. The monoisotopic (exact) mass is 165 g/mol. The van der Waals surface area contributed by atoms with Crippen LogP contribution in [0.4, 0.5) is 0 Å². The Morgan fingerprint density at radius 2 is 2.30 bits per heavy atom. The van der Waals surface area contributed by atoms with Gasteiger partial charge in [0.2, 0.25) is 10.0 Å². The number of nitrogens with zero attached hydrogens (tertiary/aromatic N) is 1. The molecule has 0 atom stereocenters. The smallest absolute Gasteiger partial charge is 0.218 e. The molecule has 60 valence electrons. The molecular formula is C5H11NO3S. The molecule has 0 bridgehead atoms. The van der Waals surface area contributed by atoms with Gasteiger partial charge in [-0.3, -0.25) is 0 Å². The maximum atomic E-state index is 11.1. The summed E-state index contributed by atoms with van der Waals surface area (Å²) in [7, 11) is -2.97. The number of hydrogen-bond donors (Lipinski definition) is 0. The van der Waals surface area contributed by atoms with E-state index in [0.717, 1.165) is 0 Å². The molecule has 0 aliphatic carbocycles. The first-order chi connectivity index (χ1) is 4.67. The molecule has 10 heavy (non-hydrogen) atoms. The second-order valence-electron chi connectivity index (χ2n) is 2.12. The second-order valence-corrected chi connectivity index (χ2v) is 4.21. The minimum Gasteiger partial charge on any atom is -0.364 e. The zero-order chi connectivity index (χ0) is 7.61. The normalized spacial score (nSPS) is 26.5. The molecule has 0 radical (unpaired) electrons. The van der Waals surface area contributed by atoms with Gasteiger partial charge in [0.15, 0.2) is 0 Å². The molecular weight excluding hydrogens is 154 g/mol. The lowest BCUT2D eigenvalue weighted by Crippen LogP contribution is -2.40. The van der Waals surface area contributed by atoms with Crippen LogP contribution in [0.3, 0.4) is 0 Å². The molecule has 1 rings (SSSR count). The van der Waals surface area contributed by atoms with Crippen molar-refractivity contribution in [3.63, 3.8) is 0 Å². The highest BCUT2D eigenvalue weighted by Crippen LogP contribution is 2.06. The van der Waals surface area contributed by atoms with Crippen molar-refractivity contribution in [2.24, 2.45) is 0 Å². The fraction of sp³-hybridized carbons (Fsp3) is 1.00. The Morgan fingerprint density at radius 3 is 2.70 bits per heavy atom. The van der Waals surface area contributed by atoms with Crippen LogP contribution < -0.4 is 0 Å². The highest BCUT2D eigenvalue weighted by molar-refractivity contribution is 7.89. The predicted molar refractivity (Wildman–Crippen MR) is 37.0 cm³/mol. The van der Waals surface area contributed by atoms with Crippen molar-refractivity contribution in [1.82, 2.24) is 4.31 Å². The Bertz CT molecular complexity index is 199. The summed E-state index contributed by atoms with van der Waals surface area (Å²) in [5.41, 5.74) is 0. The van der Waals surface area contributed by atoms with Crippen molar-refractivity contribution in [3.05, 3.63) is 0 Å². The lowest BCUT2D eigenvalue weighted by Gasteiger charge is -2.24. The van der Waals surface area contributed by atoms with Gasteiger partial charge in [0, 0.05) is 6.54 Å². The number of hydrogen-bond acceptors (Lipinski definition) is 3. The largest absolute Gasteiger partial charge is 0.364 e. The molecule has 0 aromatic rings. The van der Waals surface area contributed by atoms with Gasteiger partial charge in [-0.05, 0) is 0 Å². The van der Waals surface area contributed by atoms with Crippen LogP contribution in [0.25, 0.3) is 0 Å². The van der Waals surface area contributed by atoms with Crippen LogP contribution in [0.2, 0.25) is 0 Å². The van der Waals surface area contributed by atoms with Crippen LogP contribution in [0.1, 0.15) is 6.92 Å². The van der Waals surface area contributed by atoms with E-state index in [4.69, 9.17) is 4.74 Å². The Balaban J connectivity index is 2.70. The molecule has 1 saturated heterocycles. The van der Waals surface area contributed by atoms with E-state index in [2.05, 4.69) is 0 Å². The average Bonchev–Trinajstić information content (AvgIpc) is 1.87. The molecule has 0 unspecified atom stereocenters. The van der Waals surface area contributed by atoms with Gasteiger partial charge in [0.25, 0.3) is 0 Å². The number of sulfonamides is 1. The molecule has 0 N–H and O–H groups in total. The number of ether oxygens (including phenoxy) is 1. The van der Waals surface area contributed by atoms with Gasteiger partial charge in [0.1, 0.15) is 6.73 Å². The predicted octanol–water partition coefficient (Wildman–Crippen LogP) is -0.374. The summed E-state index contributed by atoms with van der Waals surface area (Å²) in [4.78, 5) is 0. The Hall–Kier alpha value is -0.130. The minimum absolute atomic E-state index is 0.126. The van der Waals surface area contributed by atoms with Crippen molar-refractivity contribution < 1.29 is 13.2 Å². The summed E-state index contributed by atoms with van der Waals surface area (Å²) >= 11 is 0. The van der Waals surface area contributed by atoms with Gasteiger partial charge in [-0.15, -0.1) is 0 Å². The van der Waals surface area contributed by atoms with Gasteiger partial charge < -0.3 is 4.74 Å². The maximum Gasteiger partial charge on any atom is 0.218 e. The molecule has 0 spiro atoms. The van der Waals surface area contributed by atoms with Gasteiger partial charge in [-0.25, -0.2) is 8.42 Å². The molecule has 5 heteroatoms. The SMILES string of the molecule is CCN1COCCS1(=O)=O. The zero-order valence-electron chi connectivity index (χ0n) is 5.91. The van der Waals surface area contributed by atoms with Crippen molar-refractivity contribution in [3.8, 4) is 0 Å². The molecule has 0 amide bonds. The number of rotatable bonds is 1. The molecule has 1 fully saturated rings.